The number of aliphatic carboxylic acids is 1. The van der Waals surface area contributed by atoms with Gasteiger partial charge in [-0.3, -0.25) is 0 Å². The van der Waals surface area contributed by atoms with Crippen molar-refractivity contribution in [2.45, 2.75) is 6.92 Å². The Kier molecular flexibility index (Phi) is 3.91. The van der Waals surface area contributed by atoms with E-state index in [1.165, 1.54) is 29.0 Å². The molecule has 3 rings (SSSR count). The topological polar surface area (TPSA) is 77.9 Å². The molecule has 0 aliphatic carbocycles. The Morgan fingerprint density at radius 1 is 1.20 bits per heavy atom. The van der Waals surface area contributed by atoms with Crippen LogP contribution in [0.5, 0.6) is 0 Å². The van der Waals surface area contributed by atoms with Crippen molar-refractivity contribution in [1.82, 2.24) is 4.90 Å². The molecular weight excluding hydrogens is 354 g/mol. The lowest BCUT2D eigenvalue weighted by molar-refractivity contribution is -0.132. The first kappa shape index (κ1) is 17.2. The summed E-state index contributed by atoms with van der Waals surface area (Å²) in [5.41, 5.74) is 0.230. The highest BCUT2D eigenvalue weighted by Gasteiger charge is 2.37. The Morgan fingerprint density at radius 3 is 2.32 bits per heavy atom. The third-order valence-electron chi connectivity index (χ3n) is 3.97. The van der Waals surface area contributed by atoms with Crippen molar-refractivity contribution in [3.05, 3.63) is 64.0 Å². The number of carbonyl (C=O) groups is 1. The zero-order valence-electron chi connectivity index (χ0n) is 13.3. The highest BCUT2D eigenvalue weighted by molar-refractivity contribution is 7.94. The Balaban J connectivity index is 2.22. The third kappa shape index (κ3) is 2.91. The fourth-order valence-electron chi connectivity index (χ4n) is 3.00. The molecule has 0 spiro atoms. The molecule has 6 nitrogen and oxygen atoms in total. The molecule has 1 N–H and O–H groups in total. The molecule has 1 aromatic carbocycles. The molecule has 0 amide bonds. The molecule has 0 unspecified atom stereocenters. The summed E-state index contributed by atoms with van der Waals surface area (Å²) in [6.07, 6.45) is 3.85. The number of carboxylic acids is 1. The minimum absolute atomic E-state index is 0.00442. The number of carboxylic acid groups (broad SMARTS) is 1. The van der Waals surface area contributed by atoms with E-state index in [0.717, 1.165) is 18.4 Å². The number of benzene rings is 1. The molecule has 0 radical (unpaired) electrons. The van der Waals surface area contributed by atoms with Gasteiger partial charge in [-0.1, -0.05) is 0 Å². The maximum absolute atomic E-state index is 13.5. The van der Waals surface area contributed by atoms with Gasteiger partial charge in [0.25, 0.3) is 0 Å². The van der Waals surface area contributed by atoms with E-state index in [9.17, 15) is 27.1 Å². The summed E-state index contributed by atoms with van der Waals surface area (Å²) in [4.78, 5) is 14.6. The SMILES string of the molecule is CC1=C(S(C)(=O)=O)C=CN2CN(c3cc(F)cc(F)c3)C(C(=O)O)=C12. The number of allylic oxidation sites excluding steroid dienone is 2. The number of sulfone groups is 1. The lowest BCUT2D eigenvalue weighted by atomic mass is 10.1. The van der Waals surface area contributed by atoms with Gasteiger partial charge in [0.1, 0.15) is 11.6 Å². The van der Waals surface area contributed by atoms with Crippen molar-refractivity contribution in [1.29, 1.82) is 0 Å². The van der Waals surface area contributed by atoms with Crippen LogP contribution in [0, 0.1) is 11.6 Å². The second-order valence-electron chi connectivity index (χ2n) is 5.75. The van der Waals surface area contributed by atoms with Gasteiger partial charge in [-0.25, -0.2) is 22.0 Å². The second kappa shape index (κ2) is 5.69. The fraction of sp³-hybridized carbons (Fsp3) is 0.188. The standard InChI is InChI=1S/C16H14F2N2O4S/c1-9-13(25(2,23)24)3-4-19-8-20(15(14(9)19)16(21)22)12-6-10(17)5-11(18)7-12/h3-7H,8H2,1-2H3,(H,21,22). The number of halogens is 2. The molecule has 2 aliphatic rings. The number of nitrogens with zero attached hydrogens (tertiary/aromatic N) is 2. The normalized spacial score (nSPS) is 17.4. The molecule has 0 fully saturated rings. The van der Waals surface area contributed by atoms with Gasteiger partial charge in [0, 0.05) is 24.2 Å². The second-order valence-corrected chi connectivity index (χ2v) is 7.73. The van der Waals surface area contributed by atoms with Crippen LogP contribution < -0.4 is 4.90 Å². The van der Waals surface area contributed by atoms with Gasteiger partial charge in [0.2, 0.25) is 0 Å². The minimum atomic E-state index is -3.56. The molecule has 2 heterocycles. The number of anilines is 1. The smallest absolute Gasteiger partial charge is 0.354 e. The van der Waals surface area contributed by atoms with Crippen molar-refractivity contribution >= 4 is 21.5 Å². The zero-order valence-corrected chi connectivity index (χ0v) is 14.1. The van der Waals surface area contributed by atoms with E-state index < -0.39 is 27.4 Å². The molecule has 0 bridgehead atoms. The van der Waals surface area contributed by atoms with Gasteiger partial charge in [0.05, 0.1) is 17.3 Å². The van der Waals surface area contributed by atoms with E-state index in [-0.39, 0.29) is 34.2 Å². The summed E-state index contributed by atoms with van der Waals surface area (Å²) in [5.74, 6) is -3.01. The minimum Gasteiger partial charge on any atom is -0.477 e. The third-order valence-corrected chi connectivity index (χ3v) is 5.21. The summed E-state index contributed by atoms with van der Waals surface area (Å²) in [7, 11) is -3.56. The lowest BCUT2D eigenvalue weighted by Gasteiger charge is -2.24. The van der Waals surface area contributed by atoms with Gasteiger partial charge < -0.3 is 14.9 Å². The summed E-state index contributed by atoms with van der Waals surface area (Å²) < 4.78 is 50.8. The molecule has 0 aromatic heterocycles. The number of rotatable bonds is 3. The first-order valence-corrected chi connectivity index (χ1v) is 9.06. The summed E-state index contributed by atoms with van der Waals surface area (Å²) in [6, 6.07) is 2.73. The fourth-order valence-corrected chi connectivity index (χ4v) is 3.96. The van der Waals surface area contributed by atoms with E-state index in [1.54, 1.807) is 0 Å². The average Bonchev–Trinajstić information content (AvgIpc) is 2.85. The molecular formula is C16H14F2N2O4S. The van der Waals surface area contributed by atoms with Crippen LogP contribution in [0.1, 0.15) is 6.92 Å². The van der Waals surface area contributed by atoms with Crippen molar-refractivity contribution in [3.63, 3.8) is 0 Å². The lowest BCUT2D eigenvalue weighted by Crippen LogP contribution is -2.27. The van der Waals surface area contributed by atoms with Gasteiger partial charge >= 0.3 is 5.97 Å². The maximum atomic E-state index is 13.5. The highest BCUT2D eigenvalue weighted by Crippen LogP contribution is 2.38. The first-order valence-electron chi connectivity index (χ1n) is 7.17. The van der Waals surface area contributed by atoms with E-state index in [2.05, 4.69) is 0 Å². The van der Waals surface area contributed by atoms with Crippen molar-refractivity contribution in [2.75, 3.05) is 17.8 Å². The molecule has 132 valence electrons. The van der Waals surface area contributed by atoms with E-state index in [1.807, 2.05) is 0 Å². The number of hydrogen-bond donors (Lipinski definition) is 1. The van der Waals surface area contributed by atoms with Crippen LogP contribution >= 0.6 is 0 Å². The van der Waals surface area contributed by atoms with E-state index in [4.69, 9.17) is 0 Å². The predicted octanol–water partition coefficient (Wildman–Crippen LogP) is 2.19. The average molecular weight is 368 g/mol. The molecule has 0 saturated heterocycles. The van der Waals surface area contributed by atoms with Crippen LogP contribution in [0.25, 0.3) is 0 Å². The van der Waals surface area contributed by atoms with Gasteiger partial charge in [-0.15, -0.1) is 0 Å². The van der Waals surface area contributed by atoms with E-state index >= 15 is 0 Å². The van der Waals surface area contributed by atoms with Crippen molar-refractivity contribution in [2.24, 2.45) is 0 Å². The zero-order chi connectivity index (χ0) is 18.5. The molecule has 9 heteroatoms. The van der Waals surface area contributed by atoms with Gasteiger partial charge in [-0.05, 0) is 30.7 Å². The van der Waals surface area contributed by atoms with Crippen LogP contribution in [-0.2, 0) is 14.6 Å². The van der Waals surface area contributed by atoms with E-state index in [0.29, 0.717) is 6.07 Å². The molecule has 25 heavy (non-hydrogen) atoms. The Hall–Kier alpha value is -2.68. The quantitative estimate of drug-likeness (QED) is 0.881. The largest absolute Gasteiger partial charge is 0.477 e. The number of fused-ring (bicyclic) bond motifs is 1. The summed E-state index contributed by atoms with van der Waals surface area (Å²) in [5, 5.41) is 9.62. The van der Waals surface area contributed by atoms with Crippen LogP contribution in [0.2, 0.25) is 0 Å². The monoisotopic (exact) mass is 368 g/mol. The predicted molar refractivity (Wildman–Crippen MR) is 86.9 cm³/mol. The molecule has 0 atom stereocenters. The summed E-state index contributed by atoms with van der Waals surface area (Å²) in [6.45, 7) is 1.49. The van der Waals surface area contributed by atoms with Crippen molar-refractivity contribution in [3.8, 4) is 0 Å². The summed E-state index contributed by atoms with van der Waals surface area (Å²) >= 11 is 0. The highest BCUT2D eigenvalue weighted by atomic mass is 32.2. The van der Waals surface area contributed by atoms with Crippen LogP contribution in [0.4, 0.5) is 14.5 Å². The number of hydrogen-bond acceptors (Lipinski definition) is 5. The Bertz CT molecular complexity index is 960. The Labute approximate surface area is 142 Å². The maximum Gasteiger partial charge on any atom is 0.354 e. The van der Waals surface area contributed by atoms with Crippen LogP contribution in [-0.4, -0.2) is 37.3 Å². The van der Waals surface area contributed by atoms with Gasteiger partial charge in [-0.2, -0.15) is 0 Å². The van der Waals surface area contributed by atoms with Crippen molar-refractivity contribution < 1.29 is 27.1 Å². The molecule has 0 saturated carbocycles. The molecule has 1 aromatic rings. The van der Waals surface area contributed by atoms with Crippen LogP contribution in [0.3, 0.4) is 0 Å². The van der Waals surface area contributed by atoms with Gasteiger partial charge in [0.15, 0.2) is 15.5 Å². The molecule has 2 aliphatic heterocycles. The Morgan fingerprint density at radius 2 is 1.80 bits per heavy atom. The van der Waals surface area contributed by atoms with Crippen LogP contribution in [0.15, 0.2) is 52.3 Å². The first-order chi connectivity index (χ1) is 11.6.